The summed E-state index contributed by atoms with van der Waals surface area (Å²) in [6, 6.07) is 9.51. The Bertz CT molecular complexity index is 969. The van der Waals surface area contributed by atoms with Gasteiger partial charge in [0.1, 0.15) is 5.82 Å². The van der Waals surface area contributed by atoms with Gasteiger partial charge < -0.3 is 4.74 Å². The fraction of sp³-hybridized carbons (Fsp3) is 0.300. The maximum absolute atomic E-state index is 12.9. The summed E-state index contributed by atoms with van der Waals surface area (Å²) in [5.74, 6) is -1.24. The molecule has 2 aromatic carbocycles. The predicted molar refractivity (Wildman–Crippen MR) is 102 cm³/mol. The second-order valence-electron chi connectivity index (χ2n) is 6.43. The lowest BCUT2D eigenvalue weighted by molar-refractivity contribution is 0.0493. The highest BCUT2D eigenvalue weighted by Gasteiger charge is 2.20. The molecule has 0 aliphatic carbocycles. The van der Waals surface area contributed by atoms with Crippen LogP contribution in [0.25, 0.3) is 0 Å². The Morgan fingerprint density at radius 2 is 1.71 bits per heavy atom. The molecule has 0 atom stereocenters. The number of ketones is 1. The maximum Gasteiger partial charge on any atom is 0.338 e. The van der Waals surface area contributed by atoms with E-state index in [9.17, 15) is 22.4 Å². The number of Topliss-reactive ketones (excluding diaryl/α,β-unsaturated/α-hetero) is 1. The third-order valence-electron chi connectivity index (χ3n) is 4.16. The second-order valence-corrected chi connectivity index (χ2v) is 8.59. The quantitative estimate of drug-likeness (QED) is 0.381. The Labute approximate surface area is 164 Å². The Hall–Kier alpha value is -2.58. The molecule has 8 heteroatoms. The van der Waals surface area contributed by atoms with Crippen molar-refractivity contribution < 1.29 is 27.1 Å². The van der Waals surface area contributed by atoms with E-state index in [2.05, 4.69) is 0 Å². The minimum absolute atomic E-state index is 0.00142. The van der Waals surface area contributed by atoms with Crippen LogP contribution in [0.4, 0.5) is 4.39 Å². The maximum atomic E-state index is 12.9. The number of halogens is 1. The number of carbonyl (C=O) groups excluding carboxylic acids is 2. The molecule has 0 aliphatic rings. The van der Waals surface area contributed by atoms with Gasteiger partial charge in [-0.15, -0.1) is 0 Å². The summed E-state index contributed by atoms with van der Waals surface area (Å²) in [5.41, 5.74) is 1.14. The molecule has 0 heterocycles. The molecule has 0 aliphatic heterocycles. The van der Waals surface area contributed by atoms with E-state index in [1.807, 2.05) is 0 Å². The van der Waals surface area contributed by atoms with E-state index in [0.717, 1.165) is 4.31 Å². The normalized spacial score (nSPS) is 11.5. The summed E-state index contributed by atoms with van der Waals surface area (Å²) in [5, 5.41) is 0. The van der Waals surface area contributed by atoms with Crippen LogP contribution in [0.2, 0.25) is 0 Å². The number of carbonyl (C=O) groups is 2. The van der Waals surface area contributed by atoms with Crippen LogP contribution < -0.4 is 0 Å². The van der Waals surface area contributed by atoms with Gasteiger partial charge in [0, 0.05) is 26.1 Å². The number of benzene rings is 2. The molecule has 0 N–H and O–H groups in total. The third kappa shape index (κ3) is 5.24. The van der Waals surface area contributed by atoms with Gasteiger partial charge in [-0.2, -0.15) is 0 Å². The zero-order valence-electron chi connectivity index (χ0n) is 15.9. The Kier molecular flexibility index (Phi) is 7.04. The van der Waals surface area contributed by atoms with Gasteiger partial charge in [-0.1, -0.05) is 6.07 Å². The number of aryl methyl sites for hydroxylation is 1. The molecule has 150 valence electrons. The van der Waals surface area contributed by atoms with Gasteiger partial charge in [0.15, 0.2) is 5.78 Å². The Balaban J connectivity index is 1.96. The fourth-order valence-electron chi connectivity index (χ4n) is 2.45. The van der Waals surface area contributed by atoms with Crippen LogP contribution in [0.5, 0.6) is 0 Å². The number of nitrogens with zero attached hydrogens (tertiary/aromatic N) is 1. The SMILES string of the molecule is Cc1ccc(S(=O)(=O)N(C)C)cc1C(=O)OCCCC(=O)c1ccc(F)cc1. The van der Waals surface area contributed by atoms with Crippen molar-refractivity contribution in [1.29, 1.82) is 0 Å². The molecule has 6 nitrogen and oxygen atoms in total. The molecule has 0 saturated carbocycles. The molecule has 28 heavy (non-hydrogen) atoms. The molecule has 0 radical (unpaired) electrons. The van der Waals surface area contributed by atoms with Gasteiger partial charge in [0.2, 0.25) is 10.0 Å². The van der Waals surface area contributed by atoms with E-state index in [-0.39, 0.29) is 29.3 Å². The van der Waals surface area contributed by atoms with E-state index in [1.165, 1.54) is 50.5 Å². The van der Waals surface area contributed by atoms with Gasteiger partial charge in [0.05, 0.1) is 17.1 Å². The highest BCUT2D eigenvalue weighted by molar-refractivity contribution is 7.89. The number of sulfonamides is 1. The van der Waals surface area contributed by atoms with Crippen LogP contribution in [0.15, 0.2) is 47.4 Å². The monoisotopic (exact) mass is 407 g/mol. The summed E-state index contributed by atoms with van der Waals surface area (Å²) in [6.45, 7) is 1.69. The van der Waals surface area contributed by atoms with E-state index in [1.54, 1.807) is 13.0 Å². The van der Waals surface area contributed by atoms with Gasteiger partial charge in [-0.3, -0.25) is 4.79 Å². The molecule has 0 unspecified atom stereocenters. The summed E-state index contributed by atoms with van der Waals surface area (Å²) in [7, 11) is -0.849. The second kappa shape index (κ2) is 9.07. The minimum Gasteiger partial charge on any atom is -0.462 e. The van der Waals surface area contributed by atoms with Crippen LogP contribution >= 0.6 is 0 Å². The van der Waals surface area contributed by atoms with Gasteiger partial charge >= 0.3 is 5.97 Å². The molecule has 0 saturated heterocycles. The Morgan fingerprint density at radius 3 is 2.32 bits per heavy atom. The zero-order valence-corrected chi connectivity index (χ0v) is 16.8. The van der Waals surface area contributed by atoms with Crippen molar-refractivity contribution in [2.24, 2.45) is 0 Å². The highest BCUT2D eigenvalue weighted by Crippen LogP contribution is 2.19. The lowest BCUT2D eigenvalue weighted by Gasteiger charge is -2.13. The van der Waals surface area contributed by atoms with E-state index >= 15 is 0 Å². The van der Waals surface area contributed by atoms with Crippen LogP contribution in [-0.2, 0) is 14.8 Å². The third-order valence-corrected chi connectivity index (χ3v) is 5.97. The largest absolute Gasteiger partial charge is 0.462 e. The molecule has 2 rings (SSSR count). The summed E-state index contributed by atoms with van der Waals surface area (Å²) >= 11 is 0. The van der Waals surface area contributed by atoms with Gasteiger partial charge in [0.25, 0.3) is 0 Å². The lowest BCUT2D eigenvalue weighted by Crippen LogP contribution is -2.22. The van der Waals surface area contributed by atoms with Gasteiger partial charge in [-0.25, -0.2) is 21.9 Å². The topological polar surface area (TPSA) is 80.8 Å². The van der Waals surface area contributed by atoms with Crippen LogP contribution in [0.3, 0.4) is 0 Å². The number of esters is 1. The van der Waals surface area contributed by atoms with E-state index < -0.39 is 21.8 Å². The first kappa shape index (κ1) is 21.7. The van der Waals surface area contributed by atoms with Crippen molar-refractivity contribution in [2.45, 2.75) is 24.7 Å². The number of hydrogen-bond donors (Lipinski definition) is 0. The molecule has 0 amide bonds. The van der Waals surface area contributed by atoms with Crippen molar-refractivity contribution in [1.82, 2.24) is 4.31 Å². The number of hydrogen-bond acceptors (Lipinski definition) is 5. The smallest absolute Gasteiger partial charge is 0.338 e. The molecule has 2 aromatic rings. The Morgan fingerprint density at radius 1 is 1.07 bits per heavy atom. The van der Waals surface area contributed by atoms with Crippen molar-refractivity contribution in [3.05, 3.63) is 65.0 Å². The average Bonchev–Trinajstić information content (AvgIpc) is 2.65. The first-order valence-electron chi connectivity index (χ1n) is 8.62. The van der Waals surface area contributed by atoms with Crippen LogP contribution in [0, 0.1) is 12.7 Å². The molecule has 0 spiro atoms. The average molecular weight is 407 g/mol. The summed E-state index contributed by atoms with van der Waals surface area (Å²) < 4.78 is 43.6. The van der Waals surface area contributed by atoms with E-state index in [0.29, 0.717) is 17.5 Å². The summed E-state index contributed by atoms with van der Waals surface area (Å²) in [4.78, 5) is 24.3. The standard InChI is InChI=1S/C20H22FNO5S/c1-14-6-11-17(28(25,26)22(2)3)13-18(14)20(24)27-12-4-5-19(23)15-7-9-16(21)10-8-15/h6-11,13H,4-5,12H2,1-3H3. The van der Waals surface area contributed by atoms with Crippen molar-refractivity contribution in [2.75, 3.05) is 20.7 Å². The number of rotatable bonds is 8. The van der Waals surface area contributed by atoms with Crippen LogP contribution in [-0.4, -0.2) is 45.2 Å². The van der Waals surface area contributed by atoms with Crippen LogP contribution in [0.1, 0.15) is 39.1 Å². The van der Waals surface area contributed by atoms with E-state index in [4.69, 9.17) is 4.74 Å². The molecule has 0 fully saturated rings. The zero-order chi connectivity index (χ0) is 20.9. The minimum atomic E-state index is -3.67. The van der Waals surface area contributed by atoms with Gasteiger partial charge in [-0.05, 0) is 55.3 Å². The first-order valence-corrected chi connectivity index (χ1v) is 10.1. The fourth-order valence-corrected chi connectivity index (χ4v) is 3.38. The lowest BCUT2D eigenvalue weighted by atomic mass is 10.1. The highest BCUT2D eigenvalue weighted by atomic mass is 32.2. The molecular weight excluding hydrogens is 385 g/mol. The molecule has 0 aromatic heterocycles. The number of ether oxygens (including phenoxy) is 1. The molecular formula is C20H22FNO5S. The summed E-state index contributed by atoms with van der Waals surface area (Å²) in [6.07, 6.45) is 0.448. The molecule has 0 bridgehead atoms. The van der Waals surface area contributed by atoms with Crippen molar-refractivity contribution >= 4 is 21.8 Å². The first-order chi connectivity index (χ1) is 13.1. The van der Waals surface area contributed by atoms with Crippen molar-refractivity contribution in [3.63, 3.8) is 0 Å². The van der Waals surface area contributed by atoms with Crippen molar-refractivity contribution in [3.8, 4) is 0 Å². The predicted octanol–water partition coefficient (Wildman–Crippen LogP) is 3.20.